The van der Waals surface area contributed by atoms with Crippen LogP contribution >= 0.6 is 15.9 Å². The molecule has 0 saturated carbocycles. The Labute approximate surface area is 135 Å². The van der Waals surface area contributed by atoms with E-state index in [-0.39, 0.29) is 12.2 Å². The first-order valence-corrected chi connectivity index (χ1v) is 7.35. The Morgan fingerprint density at radius 2 is 1.68 bits per heavy atom. The molecule has 0 aromatic heterocycles. The lowest BCUT2D eigenvalue weighted by atomic mass is 10.2. The quantitative estimate of drug-likeness (QED) is 0.809. The zero-order chi connectivity index (χ0) is 16.1. The number of hydrogen-bond acceptors (Lipinski definition) is 2. The fourth-order valence-corrected chi connectivity index (χ4v) is 2.32. The molecule has 2 N–H and O–H groups in total. The maximum absolute atomic E-state index is 12.8. The van der Waals surface area contributed by atoms with Crippen LogP contribution in [-0.4, -0.2) is 11.8 Å². The van der Waals surface area contributed by atoms with Gasteiger partial charge in [-0.25, -0.2) is 4.39 Å². The van der Waals surface area contributed by atoms with E-state index < -0.39 is 11.8 Å². The third kappa shape index (κ3) is 4.66. The highest BCUT2D eigenvalue weighted by atomic mass is 79.9. The van der Waals surface area contributed by atoms with Crippen molar-refractivity contribution in [3.8, 4) is 0 Å². The van der Waals surface area contributed by atoms with Gasteiger partial charge < -0.3 is 10.6 Å². The molecule has 0 radical (unpaired) electrons. The molecule has 0 aliphatic rings. The second kappa shape index (κ2) is 7.17. The molecular weight excluding hydrogens is 351 g/mol. The summed E-state index contributed by atoms with van der Waals surface area (Å²) in [7, 11) is 0. The summed E-state index contributed by atoms with van der Waals surface area (Å²) in [5.41, 5.74) is 1.99. The summed E-state index contributed by atoms with van der Waals surface area (Å²) in [5.74, 6) is -1.26. The molecule has 0 bridgehead atoms. The number of nitrogens with one attached hydrogen (secondary N) is 2. The maximum atomic E-state index is 12.8. The fraction of sp³-hybridized carbons (Fsp3) is 0.125. The van der Waals surface area contributed by atoms with E-state index in [9.17, 15) is 14.0 Å². The molecule has 2 rings (SSSR count). The van der Waals surface area contributed by atoms with Crippen LogP contribution in [0.3, 0.4) is 0 Å². The SMILES string of the molecule is Cc1cc(Br)ccc1NC(=O)CC(=O)Nc1ccc(F)cc1. The van der Waals surface area contributed by atoms with Crippen molar-refractivity contribution < 1.29 is 14.0 Å². The monoisotopic (exact) mass is 364 g/mol. The fourth-order valence-electron chi connectivity index (χ4n) is 1.85. The van der Waals surface area contributed by atoms with Gasteiger partial charge in [0.25, 0.3) is 0 Å². The highest BCUT2D eigenvalue weighted by molar-refractivity contribution is 9.10. The zero-order valence-electron chi connectivity index (χ0n) is 11.8. The molecule has 4 nitrogen and oxygen atoms in total. The van der Waals surface area contributed by atoms with Crippen LogP contribution in [0.1, 0.15) is 12.0 Å². The van der Waals surface area contributed by atoms with Gasteiger partial charge in [0, 0.05) is 15.8 Å². The minimum absolute atomic E-state index is 0.313. The molecular formula is C16H14BrFN2O2. The minimum atomic E-state index is -0.459. The standard InChI is InChI=1S/C16H14BrFN2O2/c1-10-8-11(17)2-7-14(10)20-16(22)9-15(21)19-13-5-3-12(18)4-6-13/h2-8H,9H2,1H3,(H,19,21)(H,20,22). The van der Waals surface area contributed by atoms with Gasteiger partial charge in [-0.2, -0.15) is 0 Å². The van der Waals surface area contributed by atoms with Crippen molar-refractivity contribution in [1.82, 2.24) is 0 Å². The van der Waals surface area contributed by atoms with Crippen molar-refractivity contribution in [2.45, 2.75) is 13.3 Å². The molecule has 0 heterocycles. The molecule has 2 aromatic rings. The third-order valence-electron chi connectivity index (χ3n) is 2.91. The largest absolute Gasteiger partial charge is 0.326 e. The van der Waals surface area contributed by atoms with Crippen molar-refractivity contribution in [3.63, 3.8) is 0 Å². The average Bonchev–Trinajstić information content (AvgIpc) is 2.44. The molecule has 6 heteroatoms. The normalized spacial score (nSPS) is 10.1. The molecule has 2 aromatic carbocycles. The van der Waals surface area contributed by atoms with E-state index in [1.54, 1.807) is 12.1 Å². The molecule has 0 fully saturated rings. The van der Waals surface area contributed by atoms with Crippen molar-refractivity contribution in [3.05, 3.63) is 58.3 Å². The summed E-state index contributed by atoms with van der Waals surface area (Å²) in [5, 5.41) is 5.22. The smallest absolute Gasteiger partial charge is 0.233 e. The summed E-state index contributed by atoms with van der Waals surface area (Å²) in [6.45, 7) is 1.86. The van der Waals surface area contributed by atoms with Gasteiger partial charge in [-0.05, 0) is 55.0 Å². The Bertz CT molecular complexity index is 702. The van der Waals surface area contributed by atoms with Crippen molar-refractivity contribution in [1.29, 1.82) is 0 Å². The average molecular weight is 365 g/mol. The molecule has 2 amide bonds. The molecule has 0 spiro atoms. The van der Waals surface area contributed by atoms with Gasteiger partial charge >= 0.3 is 0 Å². The maximum Gasteiger partial charge on any atom is 0.233 e. The first kappa shape index (κ1) is 16.2. The van der Waals surface area contributed by atoms with Crippen molar-refractivity contribution in [2.24, 2.45) is 0 Å². The number of aryl methyl sites for hydroxylation is 1. The summed E-state index contributed by atoms with van der Waals surface area (Å²) in [6.07, 6.45) is -0.313. The van der Waals surface area contributed by atoms with Crippen LogP contribution in [0, 0.1) is 12.7 Å². The van der Waals surface area contributed by atoms with Gasteiger partial charge in [-0.15, -0.1) is 0 Å². The number of carbonyl (C=O) groups excluding carboxylic acids is 2. The van der Waals surface area contributed by atoms with Crippen LogP contribution in [0.15, 0.2) is 46.9 Å². The van der Waals surface area contributed by atoms with Gasteiger partial charge in [0.2, 0.25) is 11.8 Å². The summed E-state index contributed by atoms with van der Waals surface area (Å²) in [6, 6.07) is 10.8. The van der Waals surface area contributed by atoms with Crippen LogP contribution in [0.25, 0.3) is 0 Å². The van der Waals surface area contributed by atoms with Gasteiger partial charge in [0.15, 0.2) is 0 Å². The Morgan fingerprint density at radius 1 is 1.05 bits per heavy atom. The van der Waals surface area contributed by atoms with Gasteiger partial charge in [-0.3, -0.25) is 9.59 Å². The van der Waals surface area contributed by atoms with Crippen LogP contribution in [0.4, 0.5) is 15.8 Å². The second-order valence-corrected chi connectivity index (χ2v) is 5.65. The second-order valence-electron chi connectivity index (χ2n) is 4.74. The molecule has 0 saturated heterocycles. The lowest BCUT2D eigenvalue weighted by Gasteiger charge is -2.09. The van der Waals surface area contributed by atoms with Gasteiger partial charge in [-0.1, -0.05) is 15.9 Å². The first-order valence-electron chi connectivity index (χ1n) is 6.55. The van der Waals surface area contributed by atoms with Gasteiger partial charge in [0.05, 0.1) is 0 Å². The van der Waals surface area contributed by atoms with E-state index in [1.165, 1.54) is 24.3 Å². The number of halogens is 2. The predicted molar refractivity (Wildman–Crippen MR) is 87.2 cm³/mol. The Kier molecular flexibility index (Phi) is 5.27. The Hall–Kier alpha value is -2.21. The number of hydrogen-bond donors (Lipinski definition) is 2. The molecule has 0 aliphatic carbocycles. The van der Waals surface area contributed by atoms with E-state index in [1.807, 2.05) is 13.0 Å². The van der Waals surface area contributed by atoms with Crippen molar-refractivity contribution >= 4 is 39.1 Å². The first-order chi connectivity index (χ1) is 10.4. The highest BCUT2D eigenvalue weighted by Gasteiger charge is 2.11. The topological polar surface area (TPSA) is 58.2 Å². The number of rotatable bonds is 4. The number of amides is 2. The Balaban J connectivity index is 1.91. The minimum Gasteiger partial charge on any atom is -0.326 e. The molecule has 114 valence electrons. The van der Waals surface area contributed by atoms with E-state index in [0.717, 1.165) is 10.0 Å². The van der Waals surface area contributed by atoms with Crippen LogP contribution in [0.5, 0.6) is 0 Å². The number of benzene rings is 2. The molecule has 0 unspecified atom stereocenters. The van der Waals surface area contributed by atoms with Crippen LogP contribution in [0.2, 0.25) is 0 Å². The summed E-state index contributed by atoms with van der Waals surface area (Å²) < 4.78 is 13.7. The van der Waals surface area contributed by atoms with Gasteiger partial charge in [0.1, 0.15) is 12.2 Å². The van der Waals surface area contributed by atoms with Crippen LogP contribution < -0.4 is 10.6 Å². The number of anilines is 2. The lowest BCUT2D eigenvalue weighted by molar-refractivity contribution is -0.123. The predicted octanol–water partition coefficient (Wildman–Crippen LogP) is 3.86. The van der Waals surface area contributed by atoms with E-state index in [0.29, 0.717) is 11.4 Å². The zero-order valence-corrected chi connectivity index (χ0v) is 13.4. The third-order valence-corrected chi connectivity index (χ3v) is 3.40. The summed E-state index contributed by atoms with van der Waals surface area (Å²) >= 11 is 3.34. The highest BCUT2D eigenvalue weighted by Crippen LogP contribution is 2.20. The Morgan fingerprint density at radius 3 is 2.32 bits per heavy atom. The molecule has 22 heavy (non-hydrogen) atoms. The van der Waals surface area contributed by atoms with E-state index >= 15 is 0 Å². The lowest BCUT2D eigenvalue weighted by Crippen LogP contribution is -2.21. The van der Waals surface area contributed by atoms with E-state index in [2.05, 4.69) is 26.6 Å². The molecule has 0 aliphatic heterocycles. The van der Waals surface area contributed by atoms with Crippen LogP contribution in [-0.2, 0) is 9.59 Å². The number of carbonyl (C=O) groups is 2. The van der Waals surface area contributed by atoms with Crippen molar-refractivity contribution in [2.75, 3.05) is 10.6 Å². The van der Waals surface area contributed by atoms with E-state index in [4.69, 9.17) is 0 Å². The summed E-state index contributed by atoms with van der Waals surface area (Å²) in [4.78, 5) is 23.6. The molecule has 0 atom stereocenters.